The van der Waals surface area contributed by atoms with Gasteiger partial charge < -0.3 is 10.7 Å². The van der Waals surface area contributed by atoms with E-state index in [4.69, 9.17) is 5.41 Å². The number of hydrogen-bond acceptors (Lipinski definition) is 2. The number of nitrogens with one attached hydrogen (secondary N) is 2. The molecule has 0 aliphatic carbocycles. The Morgan fingerprint density at radius 3 is 2.39 bits per heavy atom. The van der Waals surface area contributed by atoms with Crippen LogP contribution < -0.4 is 5.32 Å². The van der Waals surface area contributed by atoms with E-state index in [1.165, 1.54) is 12.3 Å². The first-order chi connectivity index (χ1) is 8.65. The summed E-state index contributed by atoms with van der Waals surface area (Å²) in [5, 5.41) is 10.4. The molecule has 0 spiro atoms. The fourth-order valence-corrected chi connectivity index (χ4v) is 1.86. The van der Waals surface area contributed by atoms with Crippen LogP contribution in [-0.2, 0) is 0 Å². The van der Waals surface area contributed by atoms with Gasteiger partial charge in [0, 0.05) is 24.5 Å². The Morgan fingerprint density at radius 2 is 1.78 bits per heavy atom. The summed E-state index contributed by atoms with van der Waals surface area (Å²) in [4.78, 5) is 0. The zero-order chi connectivity index (χ0) is 13.1. The summed E-state index contributed by atoms with van der Waals surface area (Å²) in [6.45, 7) is 1.74. The van der Waals surface area contributed by atoms with Gasteiger partial charge in [-0.25, -0.2) is 4.39 Å². The Labute approximate surface area is 106 Å². The molecular formula is C15H15FN2. The highest BCUT2D eigenvalue weighted by Gasteiger charge is 2.05. The second-order valence-electron chi connectivity index (χ2n) is 4.16. The van der Waals surface area contributed by atoms with Crippen LogP contribution in [0.4, 0.5) is 10.1 Å². The van der Waals surface area contributed by atoms with E-state index < -0.39 is 0 Å². The molecule has 2 rings (SSSR count). The number of rotatable bonds is 3. The van der Waals surface area contributed by atoms with Crippen molar-refractivity contribution in [1.29, 1.82) is 5.41 Å². The lowest BCUT2D eigenvalue weighted by molar-refractivity contribution is 0.619. The molecule has 0 fully saturated rings. The summed E-state index contributed by atoms with van der Waals surface area (Å²) in [6.07, 6.45) is 1.29. The van der Waals surface area contributed by atoms with E-state index in [2.05, 4.69) is 5.32 Å². The minimum Gasteiger partial charge on any atom is -0.388 e. The van der Waals surface area contributed by atoms with Crippen LogP contribution in [0, 0.1) is 18.2 Å². The van der Waals surface area contributed by atoms with Crippen molar-refractivity contribution in [1.82, 2.24) is 0 Å². The average Bonchev–Trinajstić information content (AvgIpc) is 2.41. The quantitative estimate of drug-likeness (QED) is 0.788. The summed E-state index contributed by atoms with van der Waals surface area (Å²) in [5.41, 5.74) is 4.05. The molecule has 2 aromatic carbocycles. The first kappa shape index (κ1) is 12.3. The minimum absolute atomic E-state index is 0.207. The van der Waals surface area contributed by atoms with E-state index in [-0.39, 0.29) is 5.82 Å². The third kappa shape index (κ3) is 2.25. The number of hydrogen-bond donors (Lipinski definition) is 2. The van der Waals surface area contributed by atoms with E-state index in [9.17, 15) is 4.39 Å². The highest BCUT2D eigenvalue weighted by Crippen LogP contribution is 2.25. The van der Waals surface area contributed by atoms with Crippen LogP contribution >= 0.6 is 0 Å². The molecule has 18 heavy (non-hydrogen) atoms. The van der Waals surface area contributed by atoms with E-state index >= 15 is 0 Å². The zero-order valence-corrected chi connectivity index (χ0v) is 10.4. The zero-order valence-electron chi connectivity index (χ0n) is 10.4. The van der Waals surface area contributed by atoms with Crippen LogP contribution in [0.15, 0.2) is 36.4 Å². The fraction of sp³-hybridized carbons (Fsp3) is 0.133. The summed E-state index contributed by atoms with van der Waals surface area (Å²) in [7, 11) is 1.81. The van der Waals surface area contributed by atoms with Gasteiger partial charge in [0.25, 0.3) is 0 Å². The van der Waals surface area contributed by atoms with Crippen LogP contribution in [0.5, 0.6) is 0 Å². The van der Waals surface area contributed by atoms with Crippen LogP contribution in [-0.4, -0.2) is 13.3 Å². The summed E-state index contributed by atoms with van der Waals surface area (Å²) >= 11 is 0. The molecule has 0 saturated carbocycles. The van der Waals surface area contributed by atoms with E-state index in [0.717, 1.165) is 22.4 Å². The molecule has 3 heteroatoms. The molecule has 0 amide bonds. The van der Waals surface area contributed by atoms with Crippen molar-refractivity contribution < 1.29 is 4.39 Å². The molecule has 0 aliphatic rings. The molecule has 0 aromatic heterocycles. The van der Waals surface area contributed by atoms with Gasteiger partial charge in [0.15, 0.2) is 0 Å². The van der Waals surface area contributed by atoms with Crippen LogP contribution in [0.2, 0.25) is 0 Å². The molecule has 0 saturated heterocycles. The Kier molecular flexibility index (Phi) is 3.42. The molecule has 0 atom stereocenters. The van der Waals surface area contributed by atoms with Crippen LogP contribution in [0.1, 0.15) is 11.1 Å². The molecular weight excluding hydrogens is 227 g/mol. The van der Waals surface area contributed by atoms with E-state index in [1.54, 1.807) is 13.0 Å². The first-order valence-electron chi connectivity index (χ1n) is 5.74. The maximum absolute atomic E-state index is 13.5. The predicted molar refractivity (Wildman–Crippen MR) is 74.0 cm³/mol. The lowest BCUT2D eigenvalue weighted by Crippen LogP contribution is -1.95. The molecule has 2 nitrogen and oxygen atoms in total. The molecule has 0 heterocycles. The summed E-state index contributed by atoms with van der Waals surface area (Å²) < 4.78 is 13.5. The highest BCUT2D eigenvalue weighted by molar-refractivity contribution is 5.88. The summed E-state index contributed by atoms with van der Waals surface area (Å²) in [6, 6.07) is 10.9. The topological polar surface area (TPSA) is 35.9 Å². The van der Waals surface area contributed by atoms with E-state index in [0.29, 0.717) is 5.56 Å². The number of halogens is 1. The van der Waals surface area contributed by atoms with Crippen molar-refractivity contribution in [3.05, 3.63) is 53.3 Å². The number of anilines is 1. The Morgan fingerprint density at radius 1 is 1.11 bits per heavy atom. The SMILES string of the molecule is CNc1ccc(-c2ccc(C)c(F)c2)cc1C=N. The van der Waals surface area contributed by atoms with Gasteiger partial charge in [0.1, 0.15) is 5.82 Å². The molecule has 92 valence electrons. The van der Waals surface area contributed by atoms with E-state index in [1.807, 2.05) is 31.3 Å². The monoisotopic (exact) mass is 242 g/mol. The predicted octanol–water partition coefficient (Wildman–Crippen LogP) is 3.84. The molecule has 0 aliphatic heterocycles. The Hall–Kier alpha value is -2.16. The van der Waals surface area contributed by atoms with Crippen molar-refractivity contribution in [2.75, 3.05) is 12.4 Å². The fourth-order valence-electron chi connectivity index (χ4n) is 1.86. The van der Waals surface area contributed by atoms with Crippen molar-refractivity contribution in [2.24, 2.45) is 0 Å². The molecule has 2 aromatic rings. The standard InChI is InChI=1S/C15H15FN2/c1-10-3-4-12(8-14(10)16)11-5-6-15(18-2)13(7-11)9-17/h3-9,17-18H,1-2H3. The van der Waals surface area contributed by atoms with Crippen molar-refractivity contribution in [3.63, 3.8) is 0 Å². The lowest BCUT2D eigenvalue weighted by Gasteiger charge is -2.09. The third-order valence-electron chi connectivity index (χ3n) is 2.98. The molecule has 0 unspecified atom stereocenters. The average molecular weight is 242 g/mol. The summed E-state index contributed by atoms with van der Waals surface area (Å²) in [5.74, 6) is -0.207. The van der Waals surface area contributed by atoms with Gasteiger partial charge in [-0.05, 0) is 41.8 Å². The van der Waals surface area contributed by atoms with Gasteiger partial charge in [0.2, 0.25) is 0 Å². The smallest absolute Gasteiger partial charge is 0.126 e. The lowest BCUT2D eigenvalue weighted by atomic mass is 10.0. The van der Waals surface area contributed by atoms with Gasteiger partial charge in [-0.15, -0.1) is 0 Å². The van der Waals surface area contributed by atoms with Gasteiger partial charge in [-0.2, -0.15) is 0 Å². The third-order valence-corrected chi connectivity index (χ3v) is 2.98. The highest BCUT2D eigenvalue weighted by atomic mass is 19.1. The Balaban J connectivity index is 2.50. The first-order valence-corrected chi connectivity index (χ1v) is 5.74. The molecule has 2 N–H and O–H groups in total. The maximum atomic E-state index is 13.5. The molecule has 0 bridgehead atoms. The van der Waals surface area contributed by atoms with Gasteiger partial charge in [-0.1, -0.05) is 18.2 Å². The second kappa shape index (κ2) is 5.00. The second-order valence-corrected chi connectivity index (χ2v) is 4.16. The minimum atomic E-state index is -0.207. The normalized spacial score (nSPS) is 10.2. The molecule has 0 radical (unpaired) electrons. The van der Waals surface area contributed by atoms with Crippen LogP contribution in [0.25, 0.3) is 11.1 Å². The van der Waals surface area contributed by atoms with Crippen LogP contribution in [0.3, 0.4) is 0 Å². The van der Waals surface area contributed by atoms with Crippen molar-refractivity contribution in [3.8, 4) is 11.1 Å². The van der Waals surface area contributed by atoms with Gasteiger partial charge in [0.05, 0.1) is 0 Å². The van der Waals surface area contributed by atoms with Crippen molar-refractivity contribution in [2.45, 2.75) is 6.92 Å². The Bertz CT molecular complexity index is 591. The van der Waals surface area contributed by atoms with Gasteiger partial charge >= 0.3 is 0 Å². The number of benzene rings is 2. The maximum Gasteiger partial charge on any atom is 0.126 e. The van der Waals surface area contributed by atoms with Gasteiger partial charge in [-0.3, -0.25) is 0 Å². The number of aryl methyl sites for hydroxylation is 1. The largest absolute Gasteiger partial charge is 0.388 e. The van der Waals surface area contributed by atoms with Crippen molar-refractivity contribution >= 4 is 11.9 Å².